The molecular weight excluding hydrogens is 366 g/mol. The number of carbonyl (C=O) groups excluding carboxylic acids is 1. The molecule has 4 rings (SSSR count). The molecule has 6 nitrogen and oxygen atoms in total. The maximum absolute atomic E-state index is 13.0. The Morgan fingerprint density at radius 2 is 1.66 bits per heavy atom. The van der Waals surface area contributed by atoms with Gasteiger partial charge in [-0.1, -0.05) is 60.7 Å². The van der Waals surface area contributed by atoms with Crippen LogP contribution >= 0.6 is 0 Å². The molecule has 2 aromatic heterocycles. The zero-order chi connectivity index (χ0) is 20.2. The fourth-order valence-electron chi connectivity index (χ4n) is 3.32. The predicted octanol–water partition coefficient (Wildman–Crippen LogP) is 3.55. The number of carbonyl (C=O) groups is 1. The summed E-state index contributed by atoms with van der Waals surface area (Å²) in [5.41, 5.74) is 2.33. The molecule has 2 aromatic carbocycles. The van der Waals surface area contributed by atoms with Crippen molar-refractivity contribution < 1.29 is 14.6 Å². The standard InChI is InChI=1S/C23H21N3O3/c1-29-19-13-8-14-26-15-18(24-22(19)26)23(28)25-20(16-9-4-2-5-10-16)21(27)17-11-6-3-7-12-17/h2-15,20-21,27H,1H3,(H,25,28)/t20-,21+/m1/s1. The van der Waals surface area contributed by atoms with E-state index in [9.17, 15) is 9.90 Å². The minimum Gasteiger partial charge on any atom is -0.493 e. The minimum atomic E-state index is -0.908. The smallest absolute Gasteiger partial charge is 0.272 e. The molecular formula is C23H21N3O3. The highest BCUT2D eigenvalue weighted by Gasteiger charge is 2.26. The molecule has 0 saturated carbocycles. The molecule has 2 atom stereocenters. The van der Waals surface area contributed by atoms with Gasteiger partial charge in [0.15, 0.2) is 11.4 Å². The van der Waals surface area contributed by atoms with Crippen molar-refractivity contribution in [3.63, 3.8) is 0 Å². The van der Waals surface area contributed by atoms with Gasteiger partial charge in [-0.3, -0.25) is 4.79 Å². The summed E-state index contributed by atoms with van der Waals surface area (Å²) in [4.78, 5) is 17.4. The second-order valence-electron chi connectivity index (χ2n) is 6.65. The molecule has 29 heavy (non-hydrogen) atoms. The number of pyridine rings is 1. The Morgan fingerprint density at radius 1 is 1.00 bits per heavy atom. The molecule has 0 radical (unpaired) electrons. The number of nitrogens with zero attached hydrogens (tertiary/aromatic N) is 2. The van der Waals surface area contributed by atoms with Crippen LogP contribution in [0.25, 0.3) is 5.65 Å². The number of imidazole rings is 1. The van der Waals surface area contributed by atoms with E-state index in [1.54, 1.807) is 30.0 Å². The summed E-state index contributed by atoms with van der Waals surface area (Å²) < 4.78 is 7.05. The quantitative estimate of drug-likeness (QED) is 0.531. The van der Waals surface area contributed by atoms with Crippen LogP contribution in [0.2, 0.25) is 0 Å². The summed E-state index contributed by atoms with van der Waals surface area (Å²) in [6.45, 7) is 0. The Kier molecular flexibility index (Phi) is 5.27. The first-order valence-corrected chi connectivity index (χ1v) is 9.28. The Labute approximate surface area is 168 Å². The lowest BCUT2D eigenvalue weighted by Gasteiger charge is -2.24. The summed E-state index contributed by atoms with van der Waals surface area (Å²) in [7, 11) is 1.56. The van der Waals surface area contributed by atoms with Gasteiger partial charge >= 0.3 is 0 Å². The predicted molar refractivity (Wildman–Crippen MR) is 110 cm³/mol. The van der Waals surface area contributed by atoms with E-state index in [0.29, 0.717) is 11.4 Å². The molecule has 1 amide bonds. The van der Waals surface area contributed by atoms with Crippen LogP contribution in [0.1, 0.15) is 33.8 Å². The van der Waals surface area contributed by atoms with Crippen molar-refractivity contribution in [1.82, 2.24) is 14.7 Å². The average molecular weight is 387 g/mol. The maximum Gasteiger partial charge on any atom is 0.272 e. The van der Waals surface area contributed by atoms with Gasteiger partial charge in [0, 0.05) is 12.4 Å². The summed E-state index contributed by atoms with van der Waals surface area (Å²) in [6, 6.07) is 21.7. The number of rotatable bonds is 6. The maximum atomic E-state index is 13.0. The minimum absolute atomic E-state index is 0.246. The number of aliphatic hydroxyl groups excluding tert-OH is 1. The summed E-state index contributed by atoms with van der Waals surface area (Å²) in [5.74, 6) is 0.204. The van der Waals surface area contributed by atoms with Gasteiger partial charge in [-0.25, -0.2) is 4.98 Å². The van der Waals surface area contributed by atoms with Crippen LogP contribution in [-0.2, 0) is 0 Å². The lowest BCUT2D eigenvalue weighted by Crippen LogP contribution is -2.33. The molecule has 2 heterocycles. The van der Waals surface area contributed by atoms with E-state index in [0.717, 1.165) is 11.1 Å². The molecule has 146 valence electrons. The highest BCUT2D eigenvalue weighted by Crippen LogP contribution is 2.29. The monoisotopic (exact) mass is 387 g/mol. The second-order valence-corrected chi connectivity index (χ2v) is 6.65. The average Bonchev–Trinajstić information content (AvgIpc) is 3.23. The Hall–Kier alpha value is -3.64. The Morgan fingerprint density at radius 3 is 2.31 bits per heavy atom. The van der Waals surface area contributed by atoms with E-state index < -0.39 is 12.1 Å². The van der Waals surface area contributed by atoms with E-state index in [2.05, 4.69) is 10.3 Å². The number of methoxy groups -OCH3 is 1. The van der Waals surface area contributed by atoms with Gasteiger partial charge in [0.05, 0.1) is 13.2 Å². The first kappa shape index (κ1) is 18.7. The van der Waals surface area contributed by atoms with E-state index in [1.165, 1.54) is 0 Å². The van der Waals surface area contributed by atoms with Crippen molar-refractivity contribution in [2.24, 2.45) is 0 Å². The van der Waals surface area contributed by atoms with Crippen molar-refractivity contribution >= 4 is 11.6 Å². The topological polar surface area (TPSA) is 75.9 Å². The summed E-state index contributed by atoms with van der Waals surface area (Å²) in [6.07, 6.45) is 2.54. The van der Waals surface area contributed by atoms with Gasteiger partial charge in [0.2, 0.25) is 0 Å². The SMILES string of the molecule is COc1cccn2cc(C(=O)N[C@H](c3ccccc3)[C@@H](O)c3ccccc3)nc12. The number of benzene rings is 2. The lowest BCUT2D eigenvalue weighted by atomic mass is 9.95. The molecule has 0 unspecified atom stereocenters. The van der Waals surface area contributed by atoms with Crippen LogP contribution in [0.4, 0.5) is 0 Å². The number of amides is 1. The molecule has 4 aromatic rings. The van der Waals surface area contributed by atoms with Gasteiger partial charge in [-0.2, -0.15) is 0 Å². The molecule has 0 aliphatic rings. The van der Waals surface area contributed by atoms with E-state index in [4.69, 9.17) is 4.74 Å². The molecule has 0 bridgehead atoms. The third kappa shape index (κ3) is 3.83. The molecule has 0 aliphatic carbocycles. The number of fused-ring (bicyclic) bond motifs is 1. The van der Waals surface area contributed by atoms with Crippen molar-refractivity contribution in [3.8, 4) is 5.75 Å². The number of nitrogens with one attached hydrogen (secondary N) is 1. The third-order valence-corrected chi connectivity index (χ3v) is 4.80. The highest BCUT2D eigenvalue weighted by molar-refractivity contribution is 5.93. The number of ether oxygens (including phenoxy) is 1. The number of hydrogen-bond acceptors (Lipinski definition) is 4. The normalized spacial score (nSPS) is 13.0. The molecule has 2 N–H and O–H groups in total. The van der Waals surface area contributed by atoms with Gasteiger partial charge < -0.3 is 19.6 Å². The van der Waals surface area contributed by atoms with Crippen molar-refractivity contribution in [2.75, 3.05) is 7.11 Å². The molecule has 6 heteroatoms. The van der Waals surface area contributed by atoms with Crippen molar-refractivity contribution in [2.45, 2.75) is 12.1 Å². The van der Waals surface area contributed by atoms with Crippen LogP contribution in [-0.4, -0.2) is 27.5 Å². The molecule has 0 aliphatic heterocycles. The highest BCUT2D eigenvalue weighted by atomic mass is 16.5. The third-order valence-electron chi connectivity index (χ3n) is 4.80. The summed E-state index contributed by atoms with van der Waals surface area (Å²) >= 11 is 0. The zero-order valence-corrected chi connectivity index (χ0v) is 15.9. The van der Waals surface area contributed by atoms with E-state index in [-0.39, 0.29) is 11.6 Å². The van der Waals surface area contributed by atoms with E-state index in [1.807, 2.05) is 66.7 Å². The van der Waals surface area contributed by atoms with Crippen LogP contribution in [0, 0.1) is 0 Å². The van der Waals surface area contributed by atoms with Crippen LogP contribution in [0.15, 0.2) is 85.2 Å². The zero-order valence-electron chi connectivity index (χ0n) is 15.9. The van der Waals surface area contributed by atoms with Crippen LogP contribution < -0.4 is 10.1 Å². The molecule has 0 spiro atoms. The van der Waals surface area contributed by atoms with Crippen molar-refractivity contribution in [1.29, 1.82) is 0 Å². The lowest BCUT2D eigenvalue weighted by molar-refractivity contribution is 0.0827. The van der Waals surface area contributed by atoms with Crippen molar-refractivity contribution in [3.05, 3.63) is 102 Å². The Bertz CT molecular complexity index is 1110. The van der Waals surface area contributed by atoms with Gasteiger partial charge in [-0.15, -0.1) is 0 Å². The van der Waals surface area contributed by atoms with Gasteiger partial charge in [0.1, 0.15) is 11.8 Å². The first-order chi connectivity index (χ1) is 14.2. The van der Waals surface area contributed by atoms with Crippen LogP contribution in [0.5, 0.6) is 5.75 Å². The second kappa shape index (κ2) is 8.16. The largest absolute Gasteiger partial charge is 0.493 e. The van der Waals surface area contributed by atoms with Gasteiger partial charge in [0.25, 0.3) is 5.91 Å². The molecule has 0 fully saturated rings. The number of aromatic nitrogens is 2. The van der Waals surface area contributed by atoms with Gasteiger partial charge in [-0.05, 0) is 23.3 Å². The number of aliphatic hydroxyl groups is 1. The first-order valence-electron chi connectivity index (χ1n) is 9.28. The molecule has 0 saturated heterocycles. The summed E-state index contributed by atoms with van der Waals surface area (Å²) in [5, 5.41) is 13.9. The fourth-order valence-corrected chi connectivity index (χ4v) is 3.32. The van der Waals surface area contributed by atoms with E-state index >= 15 is 0 Å². The Balaban J connectivity index is 1.66. The number of hydrogen-bond donors (Lipinski definition) is 2. The van der Waals surface area contributed by atoms with Crippen LogP contribution in [0.3, 0.4) is 0 Å². The fraction of sp³-hybridized carbons (Fsp3) is 0.130.